The van der Waals surface area contributed by atoms with E-state index in [0.29, 0.717) is 35.2 Å². The van der Waals surface area contributed by atoms with Crippen LogP contribution in [0.4, 0.5) is 0 Å². The molecule has 0 bridgehead atoms. The highest BCUT2D eigenvalue weighted by Gasteiger charge is 2.39. The molecule has 0 fully saturated rings. The first-order chi connectivity index (χ1) is 11.2. The van der Waals surface area contributed by atoms with Crippen molar-refractivity contribution in [2.75, 3.05) is 12.4 Å². The minimum absolute atomic E-state index is 0.138. The molecule has 0 aliphatic carbocycles. The Bertz CT molecular complexity index is 869. The van der Waals surface area contributed by atoms with E-state index in [2.05, 4.69) is 58.1 Å². The average Bonchev–Trinajstić information content (AvgIpc) is 2.52. The SMILES string of the molecule is O=C(NCCCCl)c1cccc2c(S(=O)(=O)C(Br)(Br)Br)nccc12. The van der Waals surface area contributed by atoms with Gasteiger partial charge in [-0.15, -0.1) is 11.6 Å². The lowest BCUT2D eigenvalue weighted by molar-refractivity contribution is 0.0955. The van der Waals surface area contributed by atoms with Crippen LogP contribution in [0.2, 0.25) is 0 Å². The maximum absolute atomic E-state index is 12.6. The Labute approximate surface area is 169 Å². The minimum Gasteiger partial charge on any atom is -0.352 e. The van der Waals surface area contributed by atoms with Crippen LogP contribution in [0.1, 0.15) is 16.8 Å². The van der Waals surface area contributed by atoms with Gasteiger partial charge in [-0.2, -0.15) is 0 Å². The van der Waals surface area contributed by atoms with Gasteiger partial charge >= 0.3 is 0 Å². The lowest BCUT2D eigenvalue weighted by atomic mass is 10.1. The number of halogens is 4. The van der Waals surface area contributed by atoms with Gasteiger partial charge in [0.05, 0.1) is 0 Å². The molecule has 1 aromatic heterocycles. The van der Waals surface area contributed by atoms with Gasteiger partial charge in [0.1, 0.15) is 0 Å². The second-order valence-corrected chi connectivity index (χ2v) is 15.5. The Hall–Kier alpha value is -0.220. The molecule has 0 spiro atoms. The van der Waals surface area contributed by atoms with Crippen LogP contribution in [0.5, 0.6) is 0 Å². The van der Waals surface area contributed by atoms with E-state index >= 15 is 0 Å². The van der Waals surface area contributed by atoms with Crippen molar-refractivity contribution in [3.63, 3.8) is 0 Å². The van der Waals surface area contributed by atoms with Crippen molar-refractivity contribution in [3.05, 3.63) is 36.0 Å². The number of fused-ring (bicyclic) bond motifs is 1. The first-order valence-corrected chi connectivity index (χ1v) is 11.1. The first-order valence-electron chi connectivity index (χ1n) is 6.73. The number of pyridine rings is 1. The molecule has 0 saturated heterocycles. The average molecular weight is 563 g/mol. The molecular weight excluding hydrogens is 551 g/mol. The highest BCUT2D eigenvalue weighted by Crippen LogP contribution is 2.44. The van der Waals surface area contributed by atoms with Gasteiger partial charge < -0.3 is 5.32 Å². The molecule has 1 amide bonds. The molecule has 0 aliphatic heterocycles. The van der Waals surface area contributed by atoms with Crippen LogP contribution in [-0.2, 0) is 9.84 Å². The Morgan fingerprint density at radius 1 is 1.21 bits per heavy atom. The molecule has 1 aromatic carbocycles. The number of carbonyl (C=O) groups is 1. The lowest BCUT2D eigenvalue weighted by Crippen LogP contribution is -2.25. The molecule has 2 rings (SSSR count). The number of sulfone groups is 1. The second-order valence-electron chi connectivity index (χ2n) is 4.76. The zero-order valence-electron chi connectivity index (χ0n) is 12.1. The van der Waals surface area contributed by atoms with Crippen molar-refractivity contribution >= 4 is 85.9 Å². The molecule has 1 N–H and O–H groups in total. The van der Waals surface area contributed by atoms with Crippen molar-refractivity contribution in [1.29, 1.82) is 0 Å². The van der Waals surface area contributed by atoms with Crippen LogP contribution in [0.15, 0.2) is 35.5 Å². The fraction of sp³-hybridized carbons (Fsp3) is 0.286. The van der Waals surface area contributed by atoms with Crippen molar-refractivity contribution < 1.29 is 13.2 Å². The van der Waals surface area contributed by atoms with Crippen LogP contribution < -0.4 is 5.32 Å². The molecule has 5 nitrogen and oxygen atoms in total. The largest absolute Gasteiger partial charge is 0.352 e. The Balaban J connectivity index is 2.57. The summed E-state index contributed by atoms with van der Waals surface area (Å²) in [6.07, 6.45) is 2.02. The van der Waals surface area contributed by atoms with Gasteiger partial charge in [-0.1, -0.05) is 12.1 Å². The number of rotatable bonds is 5. The number of alkyl halides is 4. The van der Waals surface area contributed by atoms with Gasteiger partial charge in [0.25, 0.3) is 5.91 Å². The first kappa shape index (κ1) is 20.1. The lowest BCUT2D eigenvalue weighted by Gasteiger charge is -2.15. The number of hydrogen-bond donors (Lipinski definition) is 1. The smallest absolute Gasteiger partial charge is 0.251 e. The maximum Gasteiger partial charge on any atom is 0.251 e. The van der Waals surface area contributed by atoms with E-state index in [0.717, 1.165) is 0 Å². The van der Waals surface area contributed by atoms with Gasteiger partial charge in [0.2, 0.25) is 11.3 Å². The third-order valence-corrected chi connectivity index (χ3v) is 8.72. The summed E-state index contributed by atoms with van der Waals surface area (Å²) < 4.78 is 23.7. The number of hydrogen-bond acceptors (Lipinski definition) is 4. The van der Waals surface area contributed by atoms with Gasteiger partial charge in [-0.3, -0.25) is 4.79 Å². The maximum atomic E-state index is 12.6. The van der Waals surface area contributed by atoms with Crippen LogP contribution in [-0.4, -0.2) is 33.2 Å². The van der Waals surface area contributed by atoms with Gasteiger partial charge in [0.15, 0.2) is 5.03 Å². The fourth-order valence-corrected chi connectivity index (χ4v) is 4.47. The molecule has 10 heteroatoms. The molecule has 24 heavy (non-hydrogen) atoms. The zero-order chi connectivity index (χ0) is 18.0. The van der Waals surface area contributed by atoms with E-state index in [1.165, 1.54) is 6.20 Å². The summed E-state index contributed by atoms with van der Waals surface area (Å²) in [4.78, 5) is 16.3. The van der Waals surface area contributed by atoms with Crippen LogP contribution in [0.3, 0.4) is 0 Å². The molecule has 2 aromatic rings. The van der Waals surface area contributed by atoms with Gasteiger partial charge in [-0.25, -0.2) is 13.4 Å². The van der Waals surface area contributed by atoms with Crippen molar-refractivity contribution in [1.82, 2.24) is 10.3 Å². The van der Waals surface area contributed by atoms with E-state index in [4.69, 9.17) is 11.6 Å². The number of aromatic nitrogens is 1. The summed E-state index contributed by atoms with van der Waals surface area (Å²) in [6, 6.07) is 6.49. The predicted octanol–water partition coefficient (Wildman–Crippen LogP) is 4.16. The second kappa shape index (κ2) is 7.99. The molecular formula is C14H12Br3ClN2O3S. The quantitative estimate of drug-likeness (QED) is 0.438. The van der Waals surface area contributed by atoms with Crippen molar-refractivity contribution in [2.24, 2.45) is 0 Å². The Kier molecular flexibility index (Phi) is 6.69. The summed E-state index contributed by atoms with van der Waals surface area (Å²) in [5.41, 5.74) is 0.380. The topological polar surface area (TPSA) is 76.1 Å². The predicted molar refractivity (Wildman–Crippen MR) is 106 cm³/mol. The highest BCUT2D eigenvalue weighted by molar-refractivity contribution is 9.42. The molecule has 0 unspecified atom stereocenters. The third-order valence-electron chi connectivity index (χ3n) is 3.17. The number of benzene rings is 1. The summed E-state index contributed by atoms with van der Waals surface area (Å²) >= 11 is 14.7. The van der Waals surface area contributed by atoms with Crippen molar-refractivity contribution in [3.8, 4) is 0 Å². The van der Waals surface area contributed by atoms with Crippen molar-refractivity contribution in [2.45, 2.75) is 12.9 Å². The number of nitrogens with one attached hydrogen (secondary N) is 1. The summed E-state index contributed by atoms with van der Waals surface area (Å²) in [5.74, 6) is 0.162. The molecule has 0 aliphatic rings. The third kappa shape index (κ3) is 4.12. The van der Waals surface area contributed by atoms with E-state index in [-0.39, 0.29) is 10.9 Å². The fourth-order valence-electron chi connectivity index (χ4n) is 2.07. The number of nitrogens with zero attached hydrogens (tertiary/aromatic N) is 1. The molecule has 0 atom stereocenters. The minimum atomic E-state index is -3.88. The van der Waals surface area contributed by atoms with Gasteiger partial charge in [-0.05, 0) is 71.7 Å². The Morgan fingerprint density at radius 3 is 2.54 bits per heavy atom. The molecule has 0 radical (unpaired) electrons. The summed E-state index contributed by atoms with van der Waals surface area (Å²) in [5, 5.41) is 3.49. The highest BCUT2D eigenvalue weighted by atomic mass is 80.0. The number of carbonyl (C=O) groups excluding carboxylic acids is 1. The Morgan fingerprint density at radius 2 is 1.92 bits per heavy atom. The van der Waals surface area contributed by atoms with E-state index in [1.807, 2.05) is 0 Å². The molecule has 130 valence electrons. The summed E-state index contributed by atoms with van der Waals surface area (Å²) in [7, 11) is -3.88. The summed E-state index contributed by atoms with van der Waals surface area (Å²) in [6.45, 7) is 0.447. The molecule has 0 saturated carbocycles. The zero-order valence-corrected chi connectivity index (χ0v) is 18.4. The van der Waals surface area contributed by atoms with E-state index in [1.54, 1.807) is 24.3 Å². The van der Waals surface area contributed by atoms with E-state index in [9.17, 15) is 13.2 Å². The number of amides is 1. The van der Waals surface area contributed by atoms with Crippen LogP contribution in [0.25, 0.3) is 10.8 Å². The van der Waals surface area contributed by atoms with E-state index < -0.39 is 11.3 Å². The monoisotopic (exact) mass is 560 g/mol. The normalized spacial score (nSPS) is 12.3. The van der Waals surface area contributed by atoms with Crippen LogP contribution in [0, 0.1) is 0 Å². The molecule has 1 heterocycles. The standard InChI is InChI=1S/C14H12Br3ClN2O3S/c15-14(16,17)24(22,23)13-11-4-1-3-10(9(11)5-8-20-13)12(21)19-7-2-6-18/h1,3-5,8H,2,6-7H2,(H,19,21). The van der Waals surface area contributed by atoms with Crippen LogP contribution >= 0.6 is 59.4 Å². The van der Waals surface area contributed by atoms with Gasteiger partial charge in [0, 0.05) is 29.6 Å².